The van der Waals surface area contributed by atoms with Crippen molar-refractivity contribution in [2.45, 2.75) is 39.2 Å². The van der Waals surface area contributed by atoms with Gasteiger partial charge in [0.05, 0.1) is 24.1 Å². The molecule has 1 fully saturated rings. The Hall–Kier alpha value is -0.720. The summed E-state index contributed by atoms with van der Waals surface area (Å²) in [4.78, 5) is 16.8. The molecule has 116 valence electrons. The Morgan fingerprint density at radius 1 is 1.30 bits per heavy atom. The lowest BCUT2D eigenvalue weighted by Gasteiger charge is -2.39. The first-order chi connectivity index (χ1) is 9.60. The summed E-state index contributed by atoms with van der Waals surface area (Å²) in [7, 11) is 0. The number of thiocarbonyl (C=S) groups is 1. The number of hydrogen-bond donors (Lipinski definition) is 1. The number of ether oxygens (including phenoxy) is 1. The van der Waals surface area contributed by atoms with Crippen molar-refractivity contribution < 1.29 is 9.53 Å². The van der Waals surface area contributed by atoms with Crippen LogP contribution in [0.15, 0.2) is 0 Å². The molecule has 0 radical (unpaired) electrons. The van der Waals surface area contributed by atoms with Crippen LogP contribution in [0.5, 0.6) is 0 Å². The Morgan fingerprint density at radius 3 is 2.45 bits per heavy atom. The van der Waals surface area contributed by atoms with E-state index in [0.717, 1.165) is 39.0 Å². The molecule has 1 unspecified atom stereocenters. The van der Waals surface area contributed by atoms with Crippen LogP contribution < -0.4 is 5.73 Å². The van der Waals surface area contributed by atoms with E-state index in [1.807, 2.05) is 11.8 Å². The number of carbonyl (C=O) groups is 1. The van der Waals surface area contributed by atoms with E-state index in [1.165, 1.54) is 0 Å². The first-order valence-electron chi connectivity index (χ1n) is 7.49. The van der Waals surface area contributed by atoms with E-state index in [4.69, 9.17) is 22.7 Å². The van der Waals surface area contributed by atoms with Crippen molar-refractivity contribution in [3.05, 3.63) is 0 Å². The quantitative estimate of drug-likeness (QED) is 0.536. The number of piperazine rings is 1. The van der Waals surface area contributed by atoms with Gasteiger partial charge in [0.2, 0.25) is 5.91 Å². The lowest BCUT2D eigenvalue weighted by atomic mass is 10.1. The van der Waals surface area contributed by atoms with E-state index in [0.29, 0.717) is 24.6 Å². The van der Waals surface area contributed by atoms with Gasteiger partial charge in [0, 0.05) is 32.8 Å². The number of nitrogens with two attached hydrogens (primary N) is 1. The smallest absolute Gasteiger partial charge is 0.224 e. The first-order valence-corrected chi connectivity index (χ1v) is 7.89. The van der Waals surface area contributed by atoms with Crippen LogP contribution >= 0.6 is 12.2 Å². The molecule has 0 spiro atoms. The number of nitrogens with zero attached hydrogens (tertiary/aromatic N) is 2. The molecule has 0 aromatic heterocycles. The van der Waals surface area contributed by atoms with E-state index >= 15 is 0 Å². The van der Waals surface area contributed by atoms with Crippen LogP contribution in [0.25, 0.3) is 0 Å². The number of carbonyl (C=O) groups excluding carboxylic acids is 1. The predicted octanol–water partition coefficient (Wildman–Crippen LogP) is 1.01. The van der Waals surface area contributed by atoms with Gasteiger partial charge in [-0.05, 0) is 13.3 Å². The highest BCUT2D eigenvalue weighted by Crippen LogP contribution is 2.12. The van der Waals surface area contributed by atoms with Crippen molar-refractivity contribution in [2.24, 2.45) is 5.73 Å². The summed E-state index contributed by atoms with van der Waals surface area (Å²) in [6.07, 6.45) is 2.53. The Labute approximate surface area is 127 Å². The molecule has 6 heteroatoms. The lowest BCUT2D eigenvalue weighted by molar-refractivity contribution is -0.134. The molecule has 0 aliphatic carbocycles. The van der Waals surface area contributed by atoms with E-state index in [9.17, 15) is 4.79 Å². The Balaban J connectivity index is 2.38. The zero-order chi connectivity index (χ0) is 15.0. The van der Waals surface area contributed by atoms with Crippen LogP contribution in [-0.4, -0.2) is 66.1 Å². The van der Waals surface area contributed by atoms with Gasteiger partial charge in [-0.2, -0.15) is 0 Å². The molecule has 0 aromatic rings. The van der Waals surface area contributed by atoms with Gasteiger partial charge in [-0.15, -0.1) is 0 Å². The maximum Gasteiger partial charge on any atom is 0.224 e. The summed E-state index contributed by atoms with van der Waals surface area (Å²) in [6, 6.07) is 0.177. The van der Waals surface area contributed by atoms with Crippen molar-refractivity contribution in [3.8, 4) is 0 Å². The van der Waals surface area contributed by atoms with Gasteiger partial charge in [-0.25, -0.2) is 0 Å². The third-order valence-corrected chi connectivity index (χ3v) is 3.93. The van der Waals surface area contributed by atoms with E-state index < -0.39 is 0 Å². The first kappa shape index (κ1) is 17.3. The molecule has 1 saturated heterocycles. The molecule has 1 heterocycles. The fourth-order valence-electron chi connectivity index (χ4n) is 2.52. The number of rotatable bonds is 8. The fourth-order valence-corrected chi connectivity index (χ4v) is 2.79. The van der Waals surface area contributed by atoms with Crippen LogP contribution in [0.2, 0.25) is 0 Å². The Morgan fingerprint density at radius 2 is 1.95 bits per heavy atom. The van der Waals surface area contributed by atoms with Gasteiger partial charge in [0.25, 0.3) is 0 Å². The van der Waals surface area contributed by atoms with Crippen LogP contribution in [0.3, 0.4) is 0 Å². The molecule has 1 aliphatic rings. The highest BCUT2D eigenvalue weighted by atomic mass is 32.1. The third-order valence-electron chi connectivity index (χ3n) is 3.66. The molecule has 1 atom stereocenters. The maximum absolute atomic E-state index is 12.0. The second-order valence-electron chi connectivity index (χ2n) is 5.07. The normalized spacial score (nSPS) is 18.0. The van der Waals surface area contributed by atoms with E-state index in [-0.39, 0.29) is 11.9 Å². The minimum absolute atomic E-state index is 0.177. The van der Waals surface area contributed by atoms with Crippen molar-refractivity contribution >= 4 is 23.1 Å². The zero-order valence-corrected chi connectivity index (χ0v) is 13.5. The predicted molar refractivity (Wildman–Crippen MR) is 84.7 cm³/mol. The highest BCUT2D eigenvalue weighted by molar-refractivity contribution is 7.80. The van der Waals surface area contributed by atoms with Gasteiger partial charge < -0.3 is 15.4 Å². The molecule has 0 aromatic carbocycles. The monoisotopic (exact) mass is 301 g/mol. The van der Waals surface area contributed by atoms with E-state index in [1.54, 1.807) is 0 Å². The van der Waals surface area contributed by atoms with Gasteiger partial charge in [-0.1, -0.05) is 25.6 Å². The molecular formula is C14H27N3O2S. The maximum atomic E-state index is 12.0. The van der Waals surface area contributed by atoms with Crippen molar-refractivity contribution in [1.82, 2.24) is 9.80 Å². The SMILES string of the molecule is CCCC(C(N)=S)N1CCN(C(=O)CCOCC)CC1. The molecule has 1 amide bonds. The van der Waals surface area contributed by atoms with Crippen LogP contribution in [0.4, 0.5) is 0 Å². The van der Waals surface area contributed by atoms with Crippen molar-refractivity contribution in [1.29, 1.82) is 0 Å². The average Bonchev–Trinajstić information content (AvgIpc) is 2.45. The molecular weight excluding hydrogens is 274 g/mol. The van der Waals surface area contributed by atoms with E-state index in [2.05, 4.69) is 11.8 Å². The van der Waals surface area contributed by atoms with Gasteiger partial charge in [0.15, 0.2) is 0 Å². The zero-order valence-electron chi connectivity index (χ0n) is 12.6. The van der Waals surface area contributed by atoms with Gasteiger partial charge >= 0.3 is 0 Å². The van der Waals surface area contributed by atoms with Crippen LogP contribution in [-0.2, 0) is 9.53 Å². The summed E-state index contributed by atoms with van der Waals surface area (Å²) in [5.74, 6) is 0.181. The Kier molecular flexibility index (Phi) is 8.02. The van der Waals surface area contributed by atoms with Crippen LogP contribution in [0, 0.1) is 0 Å². The van der Waals surface area contributed by atoms with Crippen molar-refractivity contribution in [3.63, 3.8) is 0 Å². The minimum Gasteiger partial charge on any atom is -0.392 e. The summed E-state index contributed by atoms with van der Waals surface area (Å²) in [5.41, 5.74) is 5.82. The van der Waals surface area contributed by atoms with Gasteiger partial charge in [0.1, 0.15) is 0 Å². The second kappa shape index (κ2) is 9.26. The summed E-state index contributed by atoms with van der Waals surface area (Å²) in [6.45, 7) is 8.46. The molecule has 1 aliphatic heterocycles. The molecule has 5 nitrogen and oxygen atoms in total. The largest absolute Gasteiger partial charge is 0.392 e. The molecule has 0 saturated carbocycles. The molecule has 20 heavy (non-hydrogen) atoms. The number of amides is 1. The molecule has 2 N–H and O–H groups in total. The highest BCUT2D eigenvalue weighted by Gasteiger charge is 2.26. The lowest BCUT2D eigenvalue weighted by Crippen LogP contribution is -2.54. The van der Waals surface area contributed by atoms with Crippen molar-refractivity contribution in [2.75, 3.05) is 39.4 Å². The standard InChI is InChI=1S/C14H27N3O2S/c1-3-5-12(14(15)20)16-7-9-17(10-8-16)13(18)6-11-19-4-2/h12H,3-11H2,1-2H3,(H2,15,20). The van der Waals surface area contributed by atoms with Crippen LogP contribution in [0.1, 0.15) is 33.1 Å². The third kappa shape index (κ3) is 5.34. The Bertz CT molecular complexity index is 318. The fraction of sp³-hybridized carbons (Fsp3) is 0.857. The molecule has 1 rings (SSSR count). The van der Waals surface area contributed by atoms with Gasteiger partial charge in [-0.3, -0.25) is 9.69 Å². The number of hydrogen-bond acceptors (Lipinski definition) is 4. The summed E-state index contributed by atoms with van der Waals surface area (Å²) >= 11 is 5.15. The average molecular weight is 301 g/mol. The summed E-state index contributed by atoms with van der Waals surface area (Å²) in [5, 5.41) is 0. The summed E-state index contributed by atoms with van der Waals surface area (Å²) < 4.78 is 5.23. The topological polar surface area (TPSA) is 58.8 Å². The molecule has 0 bridgehead atoms. The second-order valence-corrected chi connectivity index (χ2v) is 5.54. The minimum atomic E-state index is 0.177.